The molecule has 6 heteroatoms. The SMILES string of the molecule is CCOC(=O)/C=C/CNCCOCC(F)F. The number of carbonyl (C=O) groups excluding carboxylic acids is 1. The molecule has 16 heavy (non-hydrogen) atoms. The van der Waals surface area contributed by atoms with Gasteiger partial charge in [0.05, 0.1) is 13.2 Å². The van der Waals surface area contributed by atoms with Crippen LogP contribution in [-0.4, -0.2) is 45.3 Å². The third kappa shape index (κ3) is 11.1. The number of hydrogen-bond donors (Lipinski definition) is 1. The first-order valence-electron chi connectivity index (χ1n) is 5.06. The molecule has 0 fully saturated rings. The summed E-state index contributed by atoms with van der Waals surface area (Å²) in [5.41, 5.74) is 0. The Morgan fingerprint density at radius 3 is 2.88 bits per heavy atom. The van der Waals surface area contributed by atoms with Gasteiger partial charge in [0.2, 0.25) is 0 Å². The highest BCUT2D eigenvalue weighted by Crippen LogP contribution is 1.91. The second-order valence-corrected chi connectivity index (χ2v) is 2.82. The van der Waals surface area contributed by atoms with Gasteiger partial charge in [0.25, 0.3) is 6.43 Å². The van der Waals surface area contributed by atoms with Crippen LogP contribution in [0.25, 0.3) is 0 Å². The Morgan fingerprint density at radius 1 is 1.50 bits per heavy atom. The van der Waals surface area contributed by atoms with E-state index < -0.39 is 19.0 Å². The van der Waals surface area contributed by atoms with Gasteiger partial charge in [0.1, 0.15) is 6.61 Å². The lowest BCUT2D eigenvalue weighted by atomic mass is 10.5. The normalized spacial score (nSPS) is 11.2. The summed E-state index contributed by atoms with van der Waals surface area (Å²) in [7, 11) is 0. The zero-order valence-corrected chi connectivity index (χ0v) is 9.25. The molecular formula is C10H17F2NO3. The van der Waals surface area contributed by atoms with Gasteiger partial charge in [-0.05, 0) is 6.92 Å². The van der Waals surface area contributed by atoms with Crippen LogP contribution in [0.4, 0.5) is 8.78 Å². The average Bonchev–Trinajstić information content (AvgIpc) is 2.22. The van der Waals surface area contributed by atoms with Gasteiger partial charge in [-0.2, -0.15) is 0 Å². The zero-order chi connectivity index (χ0) is 12.2. The Hall–Kier alpha value is -1.01. The molecule has 0 rings (SSSR count). The number of nitrogens with one attached hydrogen (secondary N) is 1. The van der Waals surface area contributed by atoms with E-state index >= 15 is 0 Å². The van der Waals surface area contributed by atoms with Crippen LogP contribution in [0, 0.1) is 0 Å². The van der Waals surface area contributed by atoms with Gasteiger partial charge in [-0.15, -0.1) is 0 Å². The summed E-state index contributed by atoms with van der Waals surface area (Å²) in [5, 5.41) is 2.89. The molecule has 0 aromatic carbocycles. The maximum absolute atomic E-state index is 11.6. The van der Waals surface area contributed by atoms with Crippen molar-refractivity contribution in [3.63, 3.8) is 0 Å². The molecule has 0 aliphatic rings. The molecule has 0 unspecified atom stereocenters. The Labute approximate surface area is 93.6 Å². The van der Waals surface area contributed by atoms with Crippen molar-refractivity contribution in [3.8, 4) is 0 Å². The lowest BCUT2D eigenvalue weighted by Gasteiger charge is -2.03. The molecule has 0 saturated carbocycles. The smallest absolute Gasteiger partial charge is 0.330 e. The highest BCUT2D eigenvalue weighted by Gasteiger charge is 2.00. The molecule has 0 aliphatic heterocycles. The van der Waals surface area contributed by atoms with Crippen molar-refractivity contribution in [2.75, 3.05) is 32.9 Å². The van der Waals surface area contributed by atoms with E-state index in [-0.39, 0.29) is 6.61 Å². The lowest BCUT2D eigenvalue weighted by Crippen LogP contribution is -2.21. The highest BCUT2D eigenvalue weighted by molar-refractivity contribution is 5.81. The minimum absolute atomic E-state index is 0.220. The number of alkyl halides is 2. The highest BCUT2D eigenvalue weighted by atomic mass is 19.3. The fourth-order valence-corrected chi connectivity index (χ4v) is 0.848. The van der Waals surface area contributed by atoms with Gasteiger partial charge in [-0.1, -0.05) is 6.08 Å². The minimum Gasteiger partial charge on any atom is -0.463 e. The van der Waals surface area contributed by atoms with Crippen molar-refractivity contribution < 1.29 is 23.0 Å². The van der Waals surface area contributed by atoms with Crippen molar-refractivity contribution in [1.29, 1.82) is 0 Å². The average molecular weight is 237 g/mol. The van der Waals surface area contributed by atoms with Crippen LogP contribution in [0.15, 0.2) is 12.2 Å². The number of rotatable bonds is 9. The fourth-order valence-electron chi connectivity index (χ4n) is 0.848. The fraction of sp³-hybridized carbons (Fsp3) is 0.700. The van der Waals surface area contributed by atoms with Crippen LogP contribution in [0.3, 0.4) is 0 Å². The molecule has 94 valence electrons. The lowest BCUT2D eigenvalue weighted by molar-refractivity contribution is -0.137. The van der Waals surface area contributed by atoms with Crippen molar-refractivity contribution in [1.82, 2.24) is 5.32 Å². The van der Waals surface area contributed by atoms with E-state index in [2.05, 4.69) is 14.8 Å². The van der Waals surface area contributed by atoms with E-state index in [0.717, 1.165) is 0 Å². The van der Waals surface area contributed by atoms with E-state index in [1.165, 1.54) is 6.08 Å². The zero-order valence-electron chi connectivity index (χ0n) is 9.25. The number of ether oxygens (including phenoxy) is 2. The van der Waals surface area contributed by atoms with Crippen LogP contribution in [0.5, 0.6) is 0 Å². The van der Waals surface area contributed by atoms with E-state index in [4.69, 9.17) is 0 Å². The predicted octanol–water partition coefficient (Wildman–Crippen LogP) is 0.977. The first-order valence-corrected chi connectivity index (χ1v) is 5.06. The van der Waals surface area contributed by atoms with Crippen molar-refractivity contribution in [3.05, 3.63) is 12.2 Å². The van der Waals surface area contributed by atoms with Crippen LogP contribution in [0.2, 0.25) is 0 Å². The summed E-state index contributed by atoms with van der Waals surface area (Å²) in [6.45, 7) is 2.68. The van der Waals surface area contributed by atoms with Crippen LogP contribution in [0.1, 0.15) is 6.92 Å². The Balaban J connectivity index is 3.23. The maximum atomic E-state index is 11.6. The Morgan fingerprint density at radius 2 is 2.25 bits per heavy atom. The molecule has 0 radical (unpaired) electrons. The van der Waals surface area contributed by atoms with Gasteiger partial charge in [-0.25, -0.2) is 13.6 Å². The second kappa shape index (κ2) is 10.5. The number of esters is 1. The summed E-state index contributed by atoms with van der Waals surface area (Å²) in [6, 6.07) is 0. The Bertz CT molecular complexity index is 210. The minimum atomic E-state index is -2.43. The molecule has 0 aliphatic carbocycles. The monoisotopic (exact) mass is 237 g/mol. The van der Waals surface area contributed by atoms with Crippen LogP contribution >= 0.6 is 0 Å². The molecule has 4 nitrogen and oxygen atoms in total. The van der Waals surface area contributed by atoms with E-state index in [1.54, 1.807) is 13.0 Å². The van der Waals surface area contributed by atoms with Crippen molar-refractivity contribution in [2.24, 2.45) is 0 Å². The molecule has 0 heterocycles. The molecule has 0 amide bonds. The van der Waals surface area contributed by atoms with Gasteiger partial charge < -0.3 is 14.8 Å². The van der Waals surface area contributed by atoms with Crippen molar-refractivity contribution in [2.45, 2.75) is 13.3 Å². The maximum Gasteiger partial charge on any atom is 0.330 e. The third-order valence-corrected chi connectivity index (χ3v) is 1.47. The van der Waals surface area contributed by atoms with Gasteiger partial charge in [-0.3, -0.25) is 0 Å². The molecule has 1 N–H and O–H groups in total. The summed E-state index contributed by atoms with van der Waals surface area (Å²) in [4.78, 5) is 10.8. The molecule has 0 bridgehead atoms. The summed E-state index contributed by atoms with van der Waals surface area (Å²) < 4.78 is 32.5. The Kier molecular flexibility index (Phi) is 9.84. The van der Waals surface area contributed by atoms with Crippen LogP contribution < -0.4 is 5.32 Å². The largest absolute Gasteiger partial charge is 0.463 e. The second-order valence-electron chi connectivity index (χ2n) is 2.82. The van der Waals surface area contributed by atoms with Gasteiger partial charge >= 0.3 is 5.97 Å². The number of hydrogen-bond acceptors (Lipinski definition) is 4. The van der Waals surface area contributed by atoms with E-state index in [1.807, 2.05) is 0 Å². The standard InChI is InChI=1S/C10H17F2NO3/c1-2-16-10(14)4-3-5-13-6-7-15-8-9(11)12/h3-4,9,13H,2,5-8H2,1H3/b4-3+. The van der Waals surface area contributed by atoms with E-state index in [9.17, 15) is 13.6 Å². The van der Waals surface area contributed by atoms with Crippen LogP contribution in [-0.2, 0) is 14.3 Å². The summed E-state index contributed by atoms with van der Waals surface area (Å²) >= 11 is 0. The number of halogens is 2. The summed E-state index contributed by atoms with van der Waals surface area (Å²) in [5.74, 6) is -0.391. The van der Waals surface area contributed by atoms with Crippen molar-refractivity contribution >= 4 is 5.97 Å². The predicted molar refractivity (Wildman–Crippen MR) is 55.5 cm³/mol. The first kappa shape index (κ1) is 15.0. The first-order chi connectivity index (χ1) is 7.66. The molecule has 0 saturated heterocycles. The summed E-state index contributed by atoms with van der Waals surface area (Å²) in [6.07, 6.45) is 0.491. The molecule has 0 aromatic heterocycles. The molecule has 0 atom stereocenters. The topological polar surface area (TPSA) is 47.6 Å². The molecule has 0 spiro atoms. The van der Waals surface area contributed by atoms with Gasteiger partial charge in [0, 0.05) is 19.2 Å². The van der Waals surface area contributed by atoms with E-state index in [0.29, 0.717) is 19.7 Å². The molecule has 0 aromatic rings. The quantitative estimate of drug-likeness (QED) is 0.369. The third-order valence-electron chi connectivity index (χ3n) is 1.47. The molecular weight excluding hydrogens is 220 g/mol. The number of carbonyl (C=O) groups is 1. The van der Waals surface area contributed by atoms with Gasteiger partial charge in [0.15, 0.2) is 0 Å².